The maximum atomic E-state index is 12.2. The van der Waals surface area contributed by atoms with E-state index in [0.717, 1.165) is 10.0 Å². The Morgan fingerprint density at radius 2 is 1.96 bits per heavy atom. The number of hydrogen-bond acceptors (Lipinski definition) is 5. The van der Waals surface area contributed by atoms with Crippen LogP contribution in [0.2, 0.25) is 0 Å². The largest absolute Gasteiger partial charge is 0.454 e. The van der Waals surface area contributed by atoms with Crippen molar-refractivity contribution in [3.8, 4) is 22.8 Å². The zero-order valence-electron chi connectivity index (χ0n) is 13.0. The molecule has 0 unspecified atom stereocenters. The number of nitrogens with zero attached hydrogens (tertiary/aromatic N) is 1. The average Bonchev–Trinajstić information content (AvgIpc) is 3.28. The van der Waals surface area contributed by atoms with Crippen LogP contribution in [-0.2, 0) is 6.54 Å². The Hall–Kier alpha value is -2.80. The molecule has 1 aliphatic rings. The number of carbonyl (C=O) groups is 1. The number of carbonyl (C=O) groups excluding carboxylic acids is 1. The monoisotopic (exact) mass is 400 g/mol. The Bertz CT molecular complexity index is 938. The number of rotatable bonds is 4. The third-order valence-corrected chi connectivity index (χ3v) is 4.46. The van der Waals surface area contributed by atoms with Gasteiger partial charge in [0, 0.05) is 16.1 Å². The van der Waals surface area contributed by atoms with Gasteiger partial charge in [-0.15, -0.1) is 0 Å². The van der Waals surface area contributed by atoms with E-state index >= 15 is 0 Å². The Morgan fingerprint density at radius 1 is 1.12 bits per heavy atom. The van der Waals surface area contributed by atoms with Crippen LogP contribution in [0.5, 0.6) is 11.5 Å². The van der Waals surface area contributed by atoms with E-state index in [1.54, 1.807) is 12.1 Å². The second kappa shape index (κ2) is 6.60. The summed E-state index contributed by atoms with van der Waals surface area (Å²) in [7, 11) is 0. The van der Waals surface area contributed by atoms with Crippen LogP contribution in [0, 0.1) is 0 Å². The van der Waals surface area contributed by atoms with Gasteiger partial charge in [-0.2, -0.15) is 0 Å². The molecule has 0 aliphatic carbocycles. The summed E-state index contributed by atoms with van der Waals surface area (Å²) in [4.78, 5) is 12.2. The first-order valence-electron chi connectivity index (χ1n) is 7.59. The number of ether oxygens (including phenoxy) is 2. The number of fused-ring (bicyclic) bond motifs is 1. The summed E-state index contributed by atoms with van der Waals surface area (Å²) in [5.41, 5.74) is 2.04. The standard InChI is InChI=1S/C18H13BrN2O4/c19-14-4-2-1-3-13(14)18(22)20-9-12-8-16(25-21-12)11-5-6-15-17(7-11)24-10-23-15/h1-8H,9-10H2,(H,20,22). The number of aromatic nitrogens is 1. The van der Waals surface area contributed by atoms with Gasteiger partial charge in [0.2, 0.25) is 6.79 Å². The van der Waals surface area contributed by atoms with Crippen LogP contribution in [0.4, 0.5) is 0 Å². The Balaban J connectivity index is 1.45. The molecule has 4 rings (SSSR count). The fraction of sp³-hybridized carbons (Fsp3) is 0.111. The van der Waals surface area contributed by atoms with E-state index in [4.69, 9.17) is 14.0 Å². The second-order valence-corrected chi connectivity index (χ2v) is 6.27. The van der Waals surface area contributed by atoms with Crippen LogP contribution in [0.3, 0.4) is 0 Å². The van der Waals surface area contributed by atoms with E-state index in [9.17, 15) is 4.79 Å². The van der Waals surface area contributed by atoms with Crippen molar-refractivity contribution in [2.24, 2.45) is 0 Å². The minimum Gasteiger partial charge on any atom is -0.454 e. The molecule has 2 heterocycles. The molecule has 1 aromatic heterocycles. The number of nitrogens with one attached hydrogen (secondary N) is 1. The normalized spacial score (nSPS) is 12.2. The molecule has 0 fully saturated rings. The summed E-state index contributed by atoms with van der Waals surface area (Å²) in [5, 5.41) is 6.83. The summed E-state index contributed by atoms with van der Waals surface area (Å²) < 4.78 is 16.8. The van der Waals surface area contributed by atoms with Gasteiger partial charge in [0.05, 0.1) is 12.1 Å². The molecule has 1 aliphatic heterocycles. The molecule has 0 saturated heterocycles. The summed E-state index contributed by atoms with van der Waals surface area (Å²) >= 11 is 3.37. The SMILES string of the molecule is O=C(NCc1cc(-c2ccc3c(c2)OCO3)on1)c1ccccc1Br. The van der Waals surface area contributed by atoms with E-state index in [2.05, 4.69) is 26.4 Å². The second-order valence-electron chi connectivity index (χ2n) is 5.41. The topological polar surface area (TPSA) is 73.6 Å². The quantitative estimate of drug-likeness (QED) is 0.721. The number of halogens is 1. The lowest BCUT2D eigenvalue weighted by Crippen LogP contribution is -2.23. The molecular weight excluding hydrogens is 388 g/mol. The van der Waals surface area contributed by atoms with Crippen LogP contribution >= 0.6 is 15.9 Å². The van der Waals surface area contributed by atoms with E-state index < -0.39 is 0 Å². The van der Waals surface area contributed by atoms with E-state index in [1.807, 2.05) is 36.4 Å². The average molecular weight is 401 g/mol. The molecular formula is C18H13BrN2O4. The first-order chi connectivity index (χ1) is 12.2. The molecule has 7 heteroatoms. The van der Waals surface area contributed by atoms with Crippen LogP contribution in [0.25, 0.3) is 11.3 Å². The fourth-order valence-electron chi connectivity index (χ4n) is 2.49. The van der Waals surface area contributed by atoms with E-state index in [1.165, 1.54) is 0 Å². The molecule has 126 valence electrons. The molecule has 1 amide bonds. The van der Waals surface area contributed by atoms with Crippen LogP contribution < -0.4 is 14.8 Å². The number of benzene rings is 2. The molecule has 0 spiro atoms. The summed E-state index contributed by atoms with van der Waals surface area (Å²) in [6, 6.07) is 14.6. The minimum absolute atomic E-state index is 0.180. The van der Waals surface area contributed by atoms with Crippen molar-refractivity contribution >= 4 is 21.8 Å². The predicted octanol–water partition coefficient (Wildman–Crippen LogP) is 3.76. The lowest BCUT2D eigenvalue weighted by Gasteiger charge is -2.04. The van der Waals surface area contributed by atoms with Crippen LogP contribution in [-0.4, -0.2) is 17.9 Å². The number of amides is 1. The zero-order chi connectivity index (χ0) is 17.2. The van der Waals surface area contributed by atoms with E-state index in [-0.39, 0.29) is 19.2 Å². The highest BCUT2D eigenvalue weighted by atomic mass is 79.9. The molecule has 1 N–H and O–H groups in total. The number of hydrogen-bond donors (Lipinski definition) is 1. The van der Waals surface area contributed by atoms with Crippen LogP contribution in [0.15, 0.2) is 57.5 Å². The summed E-state index contributed by atoms with van der Waals surface area (Å²) in [6.45, 7) is 0.496. The maximum Gasteiger partial charge on any atom is 0.252 e. The lowest BCUT2D eigenvalue weighted by molar-refractivity contribution is 0.0949. The Kier molecular flexibility index (Phi) is 4.15. The van der Waals surface area contributed by atoms with Gasteiger partial charge in [0.25, 0.3) is 5.91 Å². The highest BCUT2D eigenvalue weighted by Gasteiger charge is 2.16. The van der Waals surface area contributed by atoms with Gasteiger partial charge in [-0.25, -0.2) is 0 Å². The summed E-state index contributed by atoms with van der Waals surface area (Å²) in [6.07, 6.45) is 0. The van der Waals surface area contributed by atoms with Crippen molar-refractivity contribution in [3.63, 3.8) is 0 Å². The van der Waals surface area contributed by atoms with Crippen molar-refractivity contribution in [1.82, 2.24) is 10.5 Å². The molecule has 0 bridgehead atoms. The van der Waals surface area contributed by atoms with Crippen molar-refractivity contribution in [2.75, 3.05) is 6.79 Å². The predicted molar refractivity (Wildman–Crippen MR) is 93.4 cm³/mol. The van der Waals surface area contributed by atoms with Crippen molar-refractivity contribution in [3.05, 3.63) is 64.3 Å². The molecule has 0 radical (unpaired) electrons. The van der Waals surface area contributed by atoms with Crippen molar-refractivity contribution < 1.29 is 18.8 Å². The van der Waals surface area contributed by atoms with Crippen LogP contribution in [0.1, 0.15) is 16.1 Å². The highest BCUT2D eigenvalue weighted by Crippen LogP contribution is 2.36. The van der Waals surface area contributed by atoms with Gasteiger partial charge >= 0.3 is 0 Å². The molecule has 6 nitrogen and oxygen atoms in total. The molecule has 0 saturated carbocycles. The zero-order valence-corrected chi connectivity index (χ0v) is 14.6. The van der Waals surface area contributed by atoms with Gasteiger partial charge < -0.3 is 19.3 Å². The lowest BCUT2D eigenvalue weighted by atomic mass is 10.1. The van der Waals surface area contributed by atoms with Gasteiger partial charge in [0.1, 0.15) is 5.69 Å². The molecule has 0 atom stereocenters. The van der Waals surface area contributed by atoms with Crippen molar-refractivity contribution in [1.29, 1.82) is 0 Å². The highest BCUT2D eigenvalue weighted by molar-refractivity contribution is 9.10. The molecule has 25 heavy (non-hydrogen) atoms. The van der Waals surface area contributed by atoms with E-state index in [0.29, 0.717) is 28.5 Å². The first-order valence-corrected chi connectivity index (χ1v) is 8.38. The maximum absolute atomic E-state index is 12.2. The van der Waals surface area contributed by atoms with Gasteiger partial charge in [0.15, 0.2) is 17.3 Å². The molecule has 2 aromatic carbocycles. The third-order valence-electron chi connectivity index (χ3n) is 3.76. The Morgan fingerprint density at radius 3 is 2.84 bits per heavy atom. The third kappa shape index (κ3) is 3.23. The van der Waals surface area contributed by atoms with Gasteiger partial charge in [-0.05, 0) is 46.3 Å². The molecule has 3 aromatic rings. The fourth-order valence-corrected chi connectivity index (χ4v) is 2.96. The van der Waals surface area contributed by atoms with Crippen molar-refractivity contribution in [2.45, 2.75) is 6.54 Å². The van der Waals surface area contributed by atoms with Gasteiger partial charge in [-0.1, -0.05) is 17.3 Å². The van der Waals surface area contributed by atoms with Gasteiger partial charge in [-0.3, -0.25) is 4.79 Å². The smallest absolute Gasteiger partial charge is 0.252 e. The first kappa shape index (κ1) is 15.7. The summed E-state index contributed by atoms with van der Waals surface area (Å²) in [5.74, 6) is 1.81. The Labute approximate surface area is 151 Å². The minimum atomic E-state index is -0.180.